The first-order valence-electron chi connectivity index (χ1n) is 7.12. The lowest BCUT2D eigenvalue weighted by Crippen LogP contribution is -2.49. The van der Waals surface area contributed by atoms with E-state index < -0.39 is 50.4 Å². The number of nitro benzene ring substituents is 1. The number of benzene rings is 1. The molecule has 0 fully saturated rings. The van der Waals surface area contributed by atoms with Gasteiger partial charge in [-0.25, -0.2) is 18.2 Å². The number of aliphatic hydroxyl groups excluding tert-OH is 1. The van der Waals surface area contributed by atoms with Crippen LogP contribution in [0, 0.1) is 10.1 Å². The van der Waals surface area contributed by atoms with Crippen LogP contribution in [0.5, 0.6) is 0 Å². The lowest BCUT2D eigenvalue weighted by molar-refractivity contribution is -0.385. The van der Waals surface area contributed by atoms with E-state index in [4.69, 9.17) is 0 Å². The number of carbonyl (C=O) groups excluding carboxylic acids is 1. The highest BCUT2D eigenvalue weighted by Crippen LogP contribution is 2.17. The van der Waals surface area contributed by atoms with Gasteiger partial charge in [0, 0.05) is 12.1 Å². The number of hydrogen-bond acceptors (Lipinski definition) is 8. The fraction of sp³-hybridized carbons (Fsp3) is 0.462. The first-order chi connectivity index (χ1) is 11.5. The molecule has 140 valence electrons. The summed E-state index contributed by atoms with van der Waals surface area (Å²) in [5, 5.41) is 20.7. The molecule has 0 radical (unpaired) electrons. The Kier molecular flexibility index (Phi) is 7.23. The Morgan fingerprint density at radius 1 is 1.40 bits per heavy atom. The van der Waals surface area contributed by atoms with Gasteiger partial charge in [-0.1, -0.05) is 6.07 Å². The second-order valence-corrected chi connectivity index (χ2v) is 6.96. The molecule has 2 N–H and O–H groups in total. The maximum Gasteiger partial charge on any atom is 0.456 e. The number of hydrogen-bond donors (Lipinski definition) is 2. The molecule has 0 aliphatic carbocycles. The smallest absolute Gasteiger partial charge is 0.392 e. The van der Waals surface area contributed by atoms with Crippen molar-refractivity contribution in [3.8, 4) is 0 Å². The Morgan fingerprint density at radius 3 is 2.56 bits per heavy atom. The zero-order valence-electron chi connectivity index (χ0n) is 13.8. The molecule has 0 heterocycles. The summed E-state index contributed by atoms with van der Waals surface area (Å²) in [5.74, 6) is 0. The van der Waals surface area contributed by atoms with E-state index in [9.17, 15) is 28.4 Å². The van der Waals surface area contributed by atoms with Gasteiger partial charge in [0.15, 0.2) is 0 Å². The van der Waals surface area contributed by atoms with E-state index in [-0.39, 0.29) is 0 Å². The minimum absolute atomic E-state index is 0.435. The summed E-state index contributed by atoms with van der Waals surface area (Å²) in [6.07, 6.45) is -2.76. The first-order valence-corrected chi connectivity index (χ1v) is 8.61. The number of sulfonamides is 1. The van der Waals surface area contributed by atoms with Gasteiger partial charge in [-0.15, -0.1) is 4.83 Å². The van der Waals surface area contributed by atoms with Crippen LogP contribution in [0.4, 0.5) is 10.5 Å². The molecule has 25 heavy (non-hydrogen) atoms. The van der Waals surface area contributed by atoms with Crippen molar-refractivity contribution in [2.45, 2.75) is 37.9 Å². The summed E-state index contributed by atoms with van der Waals surface area (Å²) in [6.45, 7) is 4.05. The number of nitro groups is 1. The molecule has 0 spiro atoms. The van der Waals surface area contributed by atoms with Gasteiger partial charge in [0.2, 0.25) is 0 Å². The molecule has 0 saturated heterocycles. The third kappa shape index (κ3) is 6.62. The molecule has 0 aliphatic rings. The molecule has 0 bridgehead atoms. The highest BCUT2D eigenvalue weighted by Gasteiger charge is 2.26. The Morgan fingerprint density at radius 2 is 2.04 bits per heavy atom. The average Bonchev–Trinajstić information content (AvgIpc) is 2.51. The zero-order valence-corrected chi connectivity index (χ0v) is 14.6. The summed E-state index contributed by atoms with van der Waals surface area (Å²) >= 11 is 0. The molecule has 12 heteroatoms. The van der Waals surface area contributed by atoms with Crippen molar-refractivity contribution < 1.29 is 33.0 Å². The third-order valence-electron chi connectivity index (χ3n) is 2.55. The van der Waals surface area contributed by atoms with Gasteiger partial charge >= 0.3 is 6.09 Å². The van der Waals surface area contributed by atoms with Crippen molar-refractivity contribution >= 4 is 21.8 Å². The van der Waals surface area contributed by atoms with Crippen LogP contribution < -0.4 is 4.83 Å². The molecular weight excluding hydrogens is 358 g/mol. The second-order valence-electron chi connectivity index (χ2n) is 5.30. The topological polar surface area (TPSA) is 148 Å². The number of nitrogens with one attached hydrogen (secondary N) is 1. The van der Waals surface area contributed by atoms with Gasteiger partial charge in [-0.2, -0.15) is 4.89 Å². The van der Waals surface area contributed by atoms with E-state index in [1.165, 1.54) is 13.0 Å². The third-order valence-corrected chi connectivity index (χ3v) is 3.88. The summed E-state index contributed by atoms with van der Waals surface area (Å²) in [6, 6.07) is 4.26. The highest BCUT2D eigenvalue weighted by molar-refractivity contribution is 7.89. The van der Waals surface area contributed by atoms with Crippen LogP contribution in [0.3, 0.4) is 0 Å². The quantitative estimate of drug-likeness (QED) is 0.386. The largest absolute Gasteiger partial charge is 0.456 e. The van der Waals surface area contributed by atoms with Crippen LogP contribution in [0.1, 0.15) is 20.8 Å². The lowest BCUT2D eigenvalue weighted by atomic mass is 10.3. The first kappa shape index (κ1) is 20.8. The minimum Gasteiger partial charge on any atom is -0.392 e. The maximum absolute atomic E-state index is 12.3. The SMILES string of the molecule is CC(O)CN(NS(=O)(=O)c1cccc([N+](=O)[O-])c1)C(=O)OOC(C)C. The van der Waals surface area contributed by atoms with E-state index >= 15 is 0 Å². The molecule has 0 aromatic heterocycles. The van der Waals surface area contributed by atoms with Crippen LogP contribution in [-0.2, 0) is 19.8 Å². The monoisotopic (exact) mass is 377 g/mol. The van der Waals surface area contributed by atoms with Crippen LogP contribution in [-0.4, -0.2) is 48.3 Å². The predicted molar refractivity (Wildman–Crippen MR) is 84.5 cm³/mol. The summed E-state index contributed by atoms with van der Waals surface area (Å²) in [5.41, 5.74) is -0.435. The molecule has 1 aromatic carbocycles. The van der Waals surface area contributed by atoms with Gasteiger partial charge in [0.05, 0.1) is 28.6 Å². The molecule has 11 nitrogen and oxygen atoms in total. The summed E-state index contributed by atoms with van der Waals surface area (Å²) in [4.78, 5) is 32.5. The second kappa shape index (κ2) is 8.71. The Balaban J connectivity index is 3.02. The number of hydrazine groups is 1. The van der Waals surface area contributed by atoms with Crippen molar-refractivity contribution in [2.75, 3.05) is 6.54 Å². The number of aliphatic hydroxyl groups is 1. The van der Waals surface area contributed by atoms with Gasteiger partial charge in [-0.3, -0.25) is 15.0 Å². The molecule has 1 amide bonds. The Bertz CT molecular complexity index is 720. The molecule has 1 aromatic rings. The molecule has 1 atom stereocenters. The number of nitrogens with zero attached hydrogens (tertiary/aromatic N) is 2. The summed E-state index contributed by atoms with van der Waals surface area (Å²) < 4.78 is 24.7. The molecule has 1 rings (SSSR count). The standard InChI is InChI=1S/C13H19N3O8S/c1-9(2)23-24-13(18)15(8-10(3)17)14-25(21,22)12-6-4-5-11(7-12)16(19)20/h4-7,9-10,14,17H,8H2,1-3H3. The van der Waals surface area contributed by atoms with Crippen LogP contribution in [0.25, 0.3) is 0 Å². The lowest BCUT2D eigenvalue weighted by Gasteiger charge is -2.23. The molecule has 1 unspecified atom stereocenters. The predicted octanol–water partition coefficient (Wildman–Crippen LogP) is 0.947. The zero-order chi connectivity index (χ0) is 19.2. The van der Waals surface area contributed by atoms with Crippen LogP contribution >= 0.6 is 0 Å². The fourth-order valence-corrected chi connectivity index (χ4v) is 2.64. The van der Waals surface area contributed by atoms with Crippen molar-refractivity contribution in [3.63, 3.8) is 0 Å². The molecular formula is C13H19N3O8S. The van der Waals surface area contributed by atoms with E-state index in [1.807, 2.05) is 4.83 Å². The number of non-ortho nitro benzene ring substituents is 1. The van der Waals surface area contributed by atoms with Crippen LogP contribution in [0.2, 0.25) is 0 Å². The van der Waals surface area contributed by atoms with Crippen LogP contribution in [0.15, 0.2) is 29.2 Å². The fourth-order valence-electron chi connectivity index (χ4n) is 1.56. The van der Waals surface area contributed by atoms with E-state index in [0.29, 0.717) is 5.01 Å². The van der Waals surface area contributed by atoms with E-state index in [0.717, 1.165) is 18.2 Å². The minimum atomic E-state index is -4.34. The number of amides is 1. The maximum atomic E-state index is 12.3. The van der Waals surface area contributed by atoms with Crippen molar-refractivity contribution in [1.82, 2.24) is 9.84 Å². The average molecular weight is 377 g/mol. The number of carbonyl (C=O) groups is 1. The van der Waals surface area contributed by atoms with Gasteiger partial charge in [0.25, 0.3) is 15.7 Å². The van der Waals surface area contributed by atoms with Gasteiger partial charge in [0.1, 0.15) is 0 Å². The Hall–Kier alpha value is -2.28. The Labute approximate surface area is 144 Å². The van der Waals surface area contributed by atoms with E-state index in [1.54, 1.807) is 13.8 Å². The molecule has 0 aliphatic heterocycles. The number of rotatable bonds is 8. The van der Waals surface area contributed by atoms with Gasteiger partial charge < -0.3 is 5.11 Å². The van der Waals surface area contributed by atoms with Crippen molar-refractivity contribution in [1.29, 1.82) is 0 Å². The van der Waals surface area contributed by atoms with Gasteiger partial charge in [-0.05, 0) is 26.8 Å². The van der Waals surface area contributed by atoms with E-state index in [2.05, 4.69) is 9.78 Å². The normalized spacial score (nSPS) is 12.7. The van der Waals surface area contributed by atoms with Crippen molar-refractivity contribution in [2.24, 2.45) is 0 Å². The van der Waals surface area contributed by atoms with Crippen molar-refractivity contribution in [3.05, 3.63) is 34.4 Å². The summed E-state index contributed by atoms with van der Waals surface area (Å²) in [7, 11) is -4.34. The molecule has 0 saturated carbocycles. The highest BCUT2D eigenvalue weighted by atomic mass is 32.2.